The van der Waals surface area contributed by atoms with Gasteiger partial charge in [0.05, 0.1) is 19.0 Å². The van der Waals surface area contributed by atoms with Gasteiger partial charge in [-0.2, -0.15) is 0 Å². The molecule has 117 heavy (non-hydrogen) atoms. The van der Waals surface area contributed by atoms with Crippen LogP contribution >= 0.6 is 0 Å². The van der Waals surface area contributed by atoms with Crippen LogP contribution in [0.5, 0.6) is 0 Å². The number of hydrogen-bond donors (Lipinski definition) is 22. The molecule has 0 saturated heterocycles. The van der Waals surface area contributed by atoms with Crippen molar-refractivity contribution in [2.45, 2.75) is 244 Å². The van der Waals surface area contributed by atoms with Crippen LogP contribution in [0.2, 0.25) is 0 Å². The average Bonchev–Trinajstić information content (AvgIpc) is 0.853. The number of nitrogens with zero attached hydrogens (tertiary/aromatic N) is 3. The highest BCUT2D eigenvalue weighted by Gasteiger charge is 2.39. The number of carbonyl (C=O) groups is 15. The summed E-state index contributed by atoms with van der Waals surface area (Å²) in [4.78, 5) is 221. The molecule has 0 spiro atoms. The van der Waals surface area contributed by atoms with Crippen LogP contribution in [-0.4, -0.2) is 210 Å². The van der Waals surface area contributed by atoms with Gasteiger partial charge in [0.15, 0.2) is 17.9 Å². The van der Waals surface area contributed by atoms with E-state index >= 15 is 0 Å². The van der Waals surface area contributed by atoms with Crippen LogP contribution in [0.1, 0.15) is 170 Å². The van der Waals surface area contributed by atoms with E-state index in [0.717, 1.165) is 0 Å². The zero-order valence-corrected chi connectivity index (χ0v) is 68.8. The molecule has 31 N–H and O–H groups in total. The van der Waals surface area contributed by atoms with Gasteiger partial charge in [0.25, 0.3) is 0 Å². The topological polar surface area (TPSA) is 692 Å². The summed E-state index contributed by atoms with van der Waals surface area (Å²) in [6, 6.07) is -0.548. The molecular weight excluding hydrogens is 1520 g/mol. The summed E-state index contributed by atoms with van der Waals surface area (Å²) in [5, 5.41) is 41.4. The van der Waals surface area contributed by atoms with E-state index in [-0.39, 0.29) is 119 Å². The molecule has 0 unspecified atom stereocenters. The van der Waals surface area contributed by atoms with Crippen molar-refractivity contribution in [3.63, 3.8) is 0 Å². The Balaban J connectivity index is 2.54. The van der Waals surface area contributed by atoms with Gasteiger partial charge in [-0.3, -0.25) is 86.9 Å². The van der Waals surface area contributed by atoms with Crippen LogP contribution < -0.4 is 115 Å². The van der Waals surface area contributed by atoms with Crippen molar-refractivity contribution in [2.75, 3.05) is 26.2 Å². The summed E-state index contributed by atoms with van der Waals surface area (Å²) in [5.74, 6) is -16.7. The number of nitrogens with one attached hydrogen (secondary N) is 12. The molecule has 0 heterocycles. The first-order chi connectivity index (χ1) is 55.0. The van der Waals surface area contributed by atoms with E-state index in [1.165, 1.54) is 0 Å². The lowest BCUT2D eigenvalue weighted by Crippen LogP contribution is -2.61. The number of rotatable bonds is 56. The lowest BCUT2D eigenvalue weighted by atomic mass is 9.96. The predicted molar refractivity (Wildman–Crippen MR) is 439 cm³/mol. The van der Waals surface area contributed by atoms with Crippen molar-refractivity contribution in [1.29, 1.82) is 0 Å². The lowest BCUT2D eigenvalue weighted by Gasteiger charge is -2.29. The molecule has 0 aliphatic carbocycles. The molecule has 0 bridgehead atoms. The van der Waals surface area contributed by atoms with Gasteiger partial charge in [-0.1, -0.05) is 143 Å². The van der Waals surface area contributed by atoms with E-state index in [0.29, 0.717) is 30.4 Å². The van der Waals surface area contributed by atoms with Gasteiger partial charge in [0.2, 0.25) is 82.7 Å². The molecule has 2 rings (SSSR count). The Morgan fingerprint density at radius 2 is 0.692 bits per heavy atom. The molecule has 40 nitrogen and oxygen atoms in total. The van der Waals surface area contributed by atoms with E-state index in [1.807, 2.05) is 13.8 Å². The number of carboxylic acids is 1. The Labute approximate surface area is 683 Å². The Hall–Kier alpha value is -11.7. The van der Waals surface area contributed by atoms with Crippen LogP contribution in [-0.2, 0) is 84.8 Å². The second-order valence-electron chi connectivity index (χ2n) is 30.3. The summed E-state index contributed by atoms with van der Waals surface area (Å²) in [6.45, 7) is 17.0. The monoisotopic (exact) mass is 1640 g/mol. The first kappa shape index (κ1) is 101. The highest BCUT2D eigenvalue weighted by molar-refractivity contribution is 6.00. The second kappa shape index (κ2) is 53.4. The Bertz CT molecular complexity index is 3690. The number of aliphatic imine (C=N–C) groups is 3. The molecule has 2 aromatic carbocycles. The molecule has 14 atom stereocenters. The van der Waals surface area contributed by atoms with Crippen molar-refractivity contribution in [3.05, 3.63) is 71.8 Å². The molecule has 0 fully saturated rings. The fourth-order valence-electron chi connectivity index (χ4n) is 12.0. The van der Waals surface area contributed by atoms with Crippen LogP contribution in [0.3, 0.4) is 0 Å². The maximum atomic E-state index is 14.7. The van der Waals surface area contributed by atoms with Crippen molar-refractivity contribution < 1.29 is 77.0 Å². The lowest BCUT2D eigenvalue weighted by molar-refractivity contribution is -0.141. The maximum Gasteiger partial charge on any atom is 0.305 e. The highest BCUT2D eigenvalue weighted by atomic mass is 16.4. The normalized spacial score (nSPS) is 14.7. The van der Waals surface area contributed by atoms with Crippen LogP contribution in [0, 0.1) is 29.6 Å². The fourth-order valence-corrected chi connectivity index (χ4v) is 12.0. The fraction of sp³-hybridized carbons (Fsp3) is 0.610. The zero-order chi connectivity index (χ0) is 88.2. The quantitative estimate of drug-likeness (QED) is 0.0170. The number of aliphatic carboxylic acids is 1. The van der Waals surface area contributed by atoms with Gasteiger partial charge in [-0.25, -0.2) is 0 Å². The first-order valence-electron chi connectivity index (χ1n) is 39.5. The number of carboxylic acid groups (broad SMARTS) is 1. The summed E-state index contributed by atoms with van der Waals surface area (Å²) >= 11 is 0. The number of nitrogens with two attached hydrogens (primary N) is 9. The third kappa shape index (κ3) is 40.9. The summed E-state index contributed by atoms with van der Waals surface area (Å²) in [7, 11) is 0. The van der Waals surface area contributed by atoms with Gasteiger partial charge in [0.1, 0.15) is 66.5 Å². The minimum absolute atomic E-state index is 0.0455. The second-order valence-corrected chi connectivity index (χ2v) is 30.3. The van der Waals surface area contributed by atoms with Gasteiger partial charge >= 0.3 is 5.97 Å². The third-order valence-corrected chi connectivity index (χ3v) is 18.7. The predicted octanol–water partition coefficient (Wildman–Crippen LogP) is -4.14. The van der Waals surface area contributed by atoms with Gasteiger partial charge in [-0.05, 0) is 105 Å². The molecular formula is C77H128N24O16. The molecule has 0 aromatic heterocycles. The largest absolute Gasteiger partial charge is 0.481 e. The van der Waals surface area contributed by atoms with Crippen molar-refractivity contribution >= 4 is 107 Å². The smallest absolute Gasteiger partial charge is 0.305 e. The minimum Gasteiger partial charge on any atom is -0.481 e. The third-order valence-electron chi connectivity index (χ3n) is 18.7. The van der Waals surface area contributed by atoms with Crippen LogP contribution in [0.25, 0.3) is 0 Å². The first-order valence-corrected chi connectivity index (χ1v) is 39.5. The van der Waals surface area contributed by atoms with Gasteiger partial charge < -0.3 is 121 Å². The summed E-state index contributed by atoms with van der Waals surface area (Å²) < 4.78 is 0. The van der Waals surface area contributed by atoms with E-state index in [1.54, 1.807) is 116 Å². The Kier molecular flexibility index (Phi) is 46.3. The zero-order valence-electron chi connectivity index (χ0n) is 68.8. The number of guanidine groups is 3. The number of primary amides is 2. The van der Waals surface area contributed by atoms with E-state index in [2.05, 4.69) is 78.8 Å². The number of benzene rings is 2. The number of carbonyl (C=O) groups excluding carboxylic acids is 14. The number of amides is 14. The van der Waals surface area contributed by atoms with Gasteiger partial charge in [-0.15, -0.1) is 0 Å². The van der Waals surface area contributed by atoms with Crippen LogP contribution in [0.4, 0.5) is 0 Å². The van der Waals surface area contributed by atoms with Crippen LogP contribution in [0.15, 0.2) is 75.6 Å². The van der Waals surface area contributed by atoms with Crippen molar-refractivity contribution in [3.8, 4) is 0 Å². The molecule has 0 saturated carbocycles. The van der Waals surface area contributed by atoms with Gasteiger partial charge in [0, 0.05) is 38.9 Å². The molecule has 0 aliphatic rings. The minimum atomic E-state index is -2.03. The summed E-state index contributed by atoms with van der Waals surface area (Å²) in [6.07, 6.45) is -1.21. The van der Waals surface area contributed by atoms with Crippen molar-refractivity contribution in [1.82, 2.24) is 63.8 Å². The molecule has 0 radical (unpaired) electrons. The SMILES string of the molecule is CC[C@H](C)[C@H](NC(=O)[C@H](CCCN=C(N)N)NC(=O)[C@@H](NC(=O)[C@@H](N)CCCN=C(N)N)[C@@H](C)CC)C(=O)NCC(=O)N[C@@H](CC(C)C)C(=O)N[C@@H](Cc1ccccc1)C(=O)N[C@@H](CC(=O)O)C(=O)N[C@@H](CCC(N)=O)C(=O)N[C@@H](CC(C)C)C(=O)N[C@@H](Cc1ccccc1)C(=O)N[C@@H](CCCN=C(N)N)C(=O)N[C@@H](CC(C)C)C(N)=O. The summed E-state index contributed by atoms with van der Waals surface area (Å²) in [5.41, 5.74) is 51.3. The maximum absolute atomic E-state index is 14.7. The average molecular weight is 1650 g/mol. The van der Waals surface area contributed by atoms with E-state index in [9.17, 15) is 77.0 Å². The molecule has 0 aliphatic heterocycles. The Morgan fingerprint density at radius 1 is 0.368 bits per heavy atom. The molecule has 2 aromatic rings. The van der Waals surface area contributed by atoms with E-state index in [4.69, 9.17) is 51.6 Å². The molecule has 40 heteroatoms. The molecule has 652 valence electrons. The van der Waals surface area contributed by atoms with E-state index < -0.39 is 199 Å². The standard InChI is InChI=1S/C77H128N24O16/c1-11-44(9)61(101-67(110)50(28-21-33-89-77(85)86)94-74(117)62(45(10)12-2)100-64(107)48(78)26-19-31-87-75(81)82)73(116)90-40-59(103)91-53(35-42(5)6)68(111)97-56(38-47-24-17-14-18-25-47)71(114)99-57(39-60(104)105)72(115)93-51(29-30-58(79)102)66(109)96-54(36-43(7)8)69(112)98-55(37-46-22-15-13-16-23-46)70(113)92-49(27-20-32-88-76(83)84)65(108)95-52(63(80)106)34-41(3)4/h13-18,22-25,41-45,48-57,61-62H,11-12,19-21,26-40,78H2,1-10H3,(H2,79,102)(H2,80,106)(H,90,116)(H,91,103)(H,92,113)(H,93,115)(H,94,117)(H,95,108)(H,96,109)(H,97,111)(H,98,112)(H,99,114)(H,100,107)(H,101,110)(H,104,105)(H4,81,82,87)(H4,83,84,88)(H4,85,86,89)/t44-,45-,48-,49-,50-,51-,52-,53-,54-,55-,56-,57-,61-,62-/m0/s1. The highest BCUT2D eigenvalue weighted by Crippen LogP contribution is 2.17. The Morgan fingerprint density at radius 3 is 1.09 bits per heavy atom. The van der Waals surface area contributed by atoms with Crippen molar-refractivity contribution in [2.24, 2.45) is 96.2 Å². The number of hydrogen-bond acceptors (Lipinski definition) is 19. The molecule has 14 amide bonds.